The lowest BCUT2D eigenvalue weighted by atomic mass is 10.0. The third kappa shape index (κ3) is 8.33. The van der Waals surface area contributed by atoms with Crippen molar-refractivity contribution in [1.29, 1.82) is 0 Å². The van der Waals surface area contributed by atoms with Crippen molar-refractivity contribution in [2.24, 2.45) is 4.99 Å². The minimum absolute atomic E-state index is 0. The minimum atomic E-state index is 0. The third-order valence-corrected chi connectivity index (χ3v) is 4.51. The molecule has 1 aliphatic rings. The van der Waals surface area contributed by atoms with Gasteiger partial charge >= 0.3 is 0 Å². The summed E-state index contributed by atoms with van der Waals surface area (Å²) in [5, 5.41) is 6.74. The third-order valence-electron chi connectivity index (χ3n) is 4.51. The summed E-state index contributed by atoms with van der Waals surface area (Å²) in [6, 6.07) is 9.26. The maximum absolute atomic E-state index is 5.53. The molecule has 154 valence electrons. The van der Waals surface area contributed by atoms with E-state index in [0.717, 1.165) is 38.8 Å². The smallest absolute Gasteiger partial charge is 0.191 e. The predicted octanol–water partition coefficient (Wildman–Crippen LogP) is 2.58. The topological polar surface area (TPSA) is 58.1 Å². The first-order valence-corrected chi connectivity index (χ1v) is 9.56. The van der Waals surface area contributed by atoms with Crippen LogP contribution in [0, 0.1) is 6.92 Å². The van der Waals surface area contributed by atoms with Gasteiger partial charge in [0.25, 0.3) is 0 Å². The van der Waals surface area contributed by atoms with Gasteiger partial charge in [-0.15, -0.1) is 24.0 Å². The zero-order valence-corrected chi connectivity index (χ0v) is 19.4. The largest absolute Gasteiger partial charge is 0.383 e. The minimum Gasteiger partial charge on any atom is -0.383 e. The van der Waals surface area contributed by atoms with Crippen LogP contribution in [-0.4, -0.2) is 70.0 Å². The number of ether oxygens (including phenoxy) is 2. The van der Waals surface area contributed by atoms with Gasteiger partial charge in [0.05, 0.1) is 32.4 Å². The van der Waals surface area contributed by atoms with Crippen molar-refractivity contribution in [2.45, 2.75) is 32.9 Å². The molecule has 0 aliphatic carbocycles. The highest BCUT2D eigenvalue weighted by molar-refractivity contribution is 14.0. The Morgan fingerprint density at radius 2 is 1.93 bits per heavy atom. The molecule has 6 nitrogen and oxygen atoms in total. The highest BCUT2D eigenvalue weighted by Gasteiger charge is 2.22. The Labute approximate surface area is 181 Å². The van der Waals surface area contributed by atoms with Crippen molar-refractivity contribution in [3.63, 3.8) is 0 Å². The van der Waals surface area contributed by atoms with E-state index in [1.165, 1.54) is 11.1 Å². The van der Waals surface area contributed by atoms with E-state index in [2.05, 4.69) is 60.6 Å². The fraction of sp³-hybridized carbons (Fsp3) is 0.650. The molecule has 0 aromatic heterocycles. The van der Waals surface area contributed by atoms with Gasteiger partial charge in [-0.25, -0.2) is 0 Å². The highest BCUT2D eigenvalue weighted by Crippen LogP contribution is 2.22. The quantitative estimate of drug-likeness (QED) is 0.334. The van der Waals surface area contributed by atoms with Gasteiger partial charge < -0.3 is 20.1 Å². The molecule has 2 unspecified atom stereocenters. The second-order valence-electron chi connectivity index (χ2n) is 6.80. The maximum atomic E-state index is 5.53. The van der Waals surface area contributed by atoms with E-state index in [1.807, 2.05) is 0 Å². The number of halogens is 1. The molecule has 1 aromatic rings. The molecule has 0 amide bonds. The Morgan fingerprint density at radius 3 is 2.52 bits per heavy atom. The number of aliphatic imine (C=N–C) groups is 1. The molecule has 0 bridgehead atoms. The molecule has 7 heteroatoms. The lowest BCUT2D eigenvalue weighted by Gasteiger charge is -2.34. The zero-order valence-electron chi connectivity index (χ0n) is 17.0. The predicted molar refractivity (Wildman–Crippen MR) is 122 cm³/mol. The van der Waals surface area contributed by atoms with Crippen molar-refractivity contribution in [3.8, 4) is 0 Å². The van der Waals surface area contributed by atoms with E-state index >= 15 is 0 Å². The molecule has 1 aromatic carbocycles. The molecule has 1 saturated heterocycles. The van der Waals surface area contributed by atoms with Crippen LogP contribution < -0.4 is 10.6 Å². The van der Waals surface area contributed by atoms with Crippen molar-refractivity contribution >= 4 is 29.9 Å². The van der Waals surface area contributed by atoms with Gasteiger partial charge in [-0.3, -0.25) is 9.89 Å². The van der Waals surface area contributed by atoms with Crippen LogP contribution in [0.2, 0.25) is 0 Å². The summed E-state index contributed by atoms with van der Waals surface area (Å²) in [5.74, 6) is 0.836. The molecule has 1 aliphatic heterocycles. The van der Waals surface area contributed by atoms with E-state index in [-0.39, 0.29) is 36.1 Å². The zero-order chi connectivity index (χ0) is 18.8. The SMILES string of the molecule is CCNC(=NCC(c1ccc(C)cc1)N1CCOCC1)NC(C)COC.I. The van der Waals surface area contributed by atoms with Gasteiger partial charge in [0.2, 0.25) is 0 Å². The number of morpholine rings is 1. The summed E-state index contributed by atoms with van der Waals surface area (Å²) >= 11 is 0. The van der Waals surface area contributed by atoms with Gasteiger partial charge in [0, 0.05) is 32.8 Å². The first-order chi connectivity index (χ1) is 12.6. The second-order valence-corrected chi connectivity index (χ2v) is 6.80. The number of guanidine groups is 1. The van der Waals surface area contributed by atoms with Crippen LogP contribution in [-0.2, 0) is 9.47 Å². The van der Waals surface area contributed by atoms with Crippen molar-refractivity contribution < 1.29 is 9.47 Å². The Hall–Kier alpha value is -0.900. The molecule has 0 radical (unpaired) electrons. The van der Waals surface area contributed by atoms with E-state index in [1.54, 1.807) is 7.11 Å². The number of nitrogens with one attached hydrogen (secondary N) is 2. The van der Waals surface area contributed by atoms with Gasteiger partial charge in [-0.05, 0) is 26.3 Å². The number of rotatable bonds is 8. The van der Waals surface area contributed by atoms with E-state index in [0.29, 0.717) is 13.2 Å². The standard InChI is InChI=1S/C20H34N4O2.HI/c1-5-21-20(23-17(3)15-25-4)22-14-19(24-10-12-26-13-11-24)18-8-6-16(2)7-9-18;/h6-9,17,19H,5,10-15H2,1-4H3,(H2,21,22,23);1H. The van der Waals surface area contributed by atoms with Crippen molar-refractivity contribution in [1.82, 2.24) is 15.5 Å². The Bertz CT molecular complexity index is 547. The lowest BCUT2D eigenvalue weighted by Crippen LogP contribution is -2.45. The second kappa shape index (κ2) is 13.3. The molecule has 1 fully saturated rings. The maximum Gasteiger partial charge on any atom is 0.191 e. The monoisotopic (exact) mass is 490 g/mol. The summed E-state index contributed by atoms with van der Waals surface area (Å²) in [6.07, 6.45) is 0. The number of nitrogens with zero attached hydrogens (tertiary/aromatic N) is 2. The van der Waals surface area contributed by atoms with Crippen molar-refractivity contribution in [2.75, 3.05) is 53.1 Å². The molecule has 1 heterocycles. The van der Waals surface area contributed by atoms with Gasteiger partial charge in [0.15, 0.2) is 5.96 Å². The van der Waals surface area contributed by atoms with Crippen LogP contribution in [0.3, 0.4) is 0 Å². The summed E-state index contributed by atoms with van der Waals surface area (Å²) < 4.78 is 10.7. The van der Waals surface area contributed by atoms with Gasteiger partial charge in [-0.1, -0.05) is 29.8 Å². The molecule has 2 rings (SSSR count). The van der Waals surface area contributed by atoms with E-state index in [4.69, 9.17) is 14.5 Å². The average Bonchev–Trinajstić information content (AvgIpc) is 2.64. The number of methoxy groups -OCH3 is 1. The Morgan fingerprint density at radius 1 is 1.26 bits per heavy atom. The molecule has 2 atom stereocenters. The van der Waals surface area contributed by atoms with Crippen LogP contribution in [0.4, 0.5) is 0 Å². The fourth-order valence-corrected chi connectivity index (χ4v) is 3.13. The van der Waals surface area contributed by atoms with Crippen molar-refractivity contribution in [3.05, 3.63) is 35.4 Å². The molecular weight excluding hydrogens is 455 g/mol. The fourth-order valence-electron chi connectivity index (χ4n) is 3.13. The summed E-state index contributed by atoms with van der Waals surface area (Å²) in [4.78, 5) is 7.34. The number of hydrogen-bond acceptors (Lipinski definition) is 4. The Balaban J connectivity index is 0.00000364. The van der Waals surface area contributed by atoms with Crippen LogP contribution in [0.15, 0.2) is 29.3 Å². The van der Waals surface area contributed by atoms with Crippen LogP contribution in [0.25, 0.3) is 0 Å². The first kappa shape index (κ1) is 24.1. The number of hydrogen-bond donors (Lipinski definition) is 2. The lowest BCUT2D eigenvalue weighted by molar-refractivity contribution is 0.0179. The first-order valence-electron chi connectivity index (χ1n) is 9.56. The summed E-state index contributed by atoms with van der Waals surface area (Å²) in [7, 11) is 1.72. The molecule has 27 heavy (non-hydrogen) atoms. The Kier molecular flexibility index (Phi) is 11.9. The summed E-state index contributed by atoms with van der Waals surface area (Å²) in [5.41, 5.74) is 2.59. The van der Waals surface area contributed by atoms with E-state index in [9.17, 15) is 0 Å². The van der Waals surface area contributed by atoms with Gasteiger partial charge in [0.1, 0.15) is 0 Å². The molecule has 0 spiro atoms. The highest BCUT2D eigenvalue weighted by atomic mass is 127. The molecule has 2 N–H and O–H groups in total. The molecule has 0 saturated carbocycles. The number of aryl methyl sites for hydroxylation is 1. The molecular formula is C20H35IN4O2. The van der Waals surface area contributed by atoms with Crippen LogP contribution in [0.1, 0.15) is 31.0 Å². The normalized spacial score (nSPS) is 17.7. The van der Waals surface area contributed by atoms with Gasteiger partial charge in [-0.2, -0.15) is 0 Å². The average molecular weight is 490 g/mol. The van der Waals surface area contributed by atoms with E-state index < -0.39 is 0 Å². The summed E-state index contributed by atoms with van der Waals surface area (Å²) in [6.45, 7) is 11.9. The number of benzene rings is 1. The van der Waals surface area contributed by atoms with Crippen LogP contribution >= 0.6 is 24.0 Å². The van der Waals surface area contributed by atoms with Crippen LogP contribution in [0.5, 0.6) is 0 Å².